The Morgan fingerprint density at radius 2 is 2.29 bits per heavy atom. The molecule has 1 aliphatic rings. The highest BCUT2D eigenvalue weighted by Gasteiger charge is 2.09. The first-order valence-electron chi connectivity index (χ1n) is 5.89. The van der Waals surface area contributed by atoms with E-state index in [0.717, 1.165) is 50.2 Å². The number of aromatic nitrogens is 3. The SMILES string of the molecule is c1cn2c(NCCN3CCNCC3)nsc2n1. The van der Waals surface area contributed by atoms with Crippen molar-refractivity contribution in [1.82, 2.24) is 24.0 Å². The normalized spacial score (nSPS) is 17.6. The van der Waals surface area contributed by atoms with Gasteiger partial charge in [-0.1, -0.05) is 0 Å². The van der Waals surface area contributed by atoms with Gasteiger partial charge in [0.05, 0.1) is 0 Å². The van der Waals surface area contributed by atoms with Gasteiger partial charge in [-0.2, -0.15) is 4.37 Å². The van der Waals surface area contributed by atoms with Crippen molar-refractivity contribution < 1.29 is 0 Å². The predicted octanol–water partition coefficient (Wildman–Crippen LogP) is 0.108. The van der Waals surface area contributed by atoms with Crippen LogP contribution in [0.3, 0.4) is 0 Å². The number of fused-ring (bicyclic) bond motifs is 1. The molecule has 1 aliphatic heterocycles. The van der Waals surface area contributed by atoms with Gasteiger partial charge in [0.2, 0.25) is 10.9 Å². The second-order valence-electron chi connectivity index (χ2n) is 4.10. The average Bonchev–Trinajstić information content (AvgIpc) is 2.95. The molecule has 0 radical (unpaired) electrons. The lowest BCUT2D eigenvalue weighted by molar-refractivity contribution is 0.249. The van der Waals surface area contributed by atoms with E-state index in [-0.39, 0.29) is 0 Å². The lowest BCUT2D eigenvalue weighted by atomic mass is 10.3. The van der Waals surface area contributed by atoms with Gasteiger partial charge in [0, 0.05) is 63.2 Å². The topological polar surface area (TPSA) is 57.5 Å². The molecule has 92 valence electrons. The van der Waals surface area contributed by atoms with Crippen LogP contribution in [-0.2, 0) is 0 Å². The van der Waals surface area contributed by atoms with Crippen LogP contribution in [0.1, 0.15) is 0 Å². The highest BCUT2D eigenvalue weighted by atomic mass is 32.1. The fourth-order valence-corrected chi connectivity index (χ4v) is 2.69. The van der Waals surface area contributed by atoms with Gasteiger partial charge in [-0.15, -0.1) is 0 Å². The molecule has 2 aromatic heterocycles. The number of hydrogen-bond acceptors (Lipinski definition) is 6. The minimum absolute atomic E-state index is 0.901. The Kier molecular flexibility index (Phi) is 3.21. The van der Waals surface area contributed by atoms with Gasteiger partial charge >= 0.3 is 0 Å². The average molecular weight is 252 g/mol. The molecule has 0 atom stereocenters. The monoisotopic (exact) mass is 252 g/mol. The van der Waals surface area contributed by atoms with Crippen molar-refractivity contribution in [3.63, 3.8) is 0 Å². The standard InChI is InChI=1S/C10H16N6S/c1-5-15(6-2-11-1)7-3-12-9-14-17-10-13-4-8-16(9)10/h4,8,11H,1-3,5-7H2,(H,12,14). The van der Waals surface area contributed by atoms with E-state index in [0.29, 0.717) is 0 Å². The number of nitrogens with one attached hydrogen (secondary N) is 2. The Morgan fingerprint density at radius 1 is 1.41 bits per heavy atom. The van der Waals surface area contributed by atoms with Gasteiger partial charge in [0.25, 0.3) is 0 Å². The lowest BCUT2D eigenvalue weighted by Crippen LogP contribution is -2.45. The number of rotatable bonds is 4. The van der Waals surface area contributed by atoms with E-state index in [4.69, 9.17) is 0 Å². The van der Waals surface area contributed by atoms with Gasteiger partial charge in [-0.25, -0.2) is 4.98 Å². The summed E-state index contributed by atoms with van der Waals surface area (Å²) in [5.41, 5.74) is 0. The Hall–Kier alpha value is -1.18. The summed E-state index contributed by atoms with van der Waals surface area (Å²) in [7, 11) is 0. The first kappa shape index (κ1) is 10.9. The first-order valence-corrected chi connectivity index (χ1v) is 6.66. The zero-order valence-corrected chi connectivity index (χ0v) is 10.4. The summed E-state index contributed by atoms with van der Waals surface area (Å²) in [4.78, 5) is 7.60. The quantitative estimate of drug-likeness (QED) is 0.809. The van der Waals surface area contributed by atoms with Crippen LogP contribution in [0, 0.1) is 0 Å². The third-order valence-corrected chi connectivity index (χ3v) is 3.70. The van der Waals surface area contributed by atoms with Crippen molar-refractivity contribution in [2.75, 3.05) is 44.6 Å². The minimum Gasteiger partial charge on any atom is -0.353 e. The summed E-state index contributed by atoms with van der Waals surface area (Å²) in [5, 5.41) is 6.72. The molecule has 0 spiro atoms. The van der Waals surface area contributed by atoms with Crippen LogP contribution in [0.15, 0.2) is 12.4 Å². The van der Waals surface area contributed by atoms with Crippen LogP contribution in [-0.4, -0.2) is 57.9 Å². The molecule has 0 saturated carbocycles. The lowest BCUT2D eigenvalue weighted by Gasteiger charge is -2.27. The Labute approximate surface area is 104 Å². The molecule has 0 aromatic carbocycles. The third kappa shape index (κ3) is 2.41. The molecule has 7 heteroatoms. The van der Waals surface area contributed by atoms with Crippen molar-refractivity contribution in [2.24, 2.45) is 0 Å². The molecule has 0 aliphatic carbocycles. The number of hydrogen-bond donors (Lipinski definition) is 2. The van der Waals surface area contributed by atoms with E-state index in [2.05, 4.69) is 24.9 Å². The molecule has 0 bridgehead atoms. The molecule has 0 unspecified atom stereocenters. The molecule has 1 fully saturated rings. The maximum Gasteiger partial charge on any atom is 0.220 e. The van der Waals surface area contributed by atoms with Gasteiger partial charge in [-0.3, -0.25) is 9.30 Å². The maximum atomic E-state index is 4.34. The summed E-state index contributed by atoms with van der Waals surface area (Å²) in [6, 6.07) is 0. The van der Waals surface area contributed by atoms with Crippen molar-refractivity contribution in [1.29, 1.82) is 0 Å². The minimum atomic E-state index is 0.901. The Bertz CT molecular complexity index is 472. The maximum absolute atomic E-state index is 4.34. The van der Waals surface area contributed by atoms with E-state index >= 15 is 0 Å². The molecule has 2 N–H and O–H groups in total. The largest absolute Gasteiger partial charge is 0.353 e. The van der Waals surface area contributed by atoms with Gasteiger partial charge in [-0.05, 0) is 0 Å². The third-order valence-electron chi connectivity index (χ3n) is 2.97. The molecule has 3 rings (SSSR count). The highest BCUT2D eigenvalue weighted by molar-refractivity contribution is 7.11. The Balaban J connectivity index is 1.52. The second-order valence-corrected chi connectivity index (χ2v) is 4.83. The van der Waals surface area contributed by atoms with Crippen molar-refractivity contribution in [2.45, 2.75) is 0 Å². The summed E-state index contributed by atoms with van der Waals surface area (Å²) in [6.45, 7) is 6.47. The summed E-state index contributed by atoms with van der Waals surface area (Å²) < 4.78 is 6.33. The van der Waals surface area contributed by atoms with Gasteiger partial charge in [0.1, 0.15) is 0 Å². The van der Waals surface area contributed by atoms with Crippen LogP contribution < -0.4 is 10.6 Å². The van der Waals surface area contributed by atoms with Crippen LogP contribution in [0.25, 0.3) is 4.96 Å². The fraction of sp³-hybridized carbons (Fsp3) is 0.600. The molecular weight excluding hydrogens is 236 g/mol. The summed E-state index contributed by atoms with van der Waals surface area (Å²) in [5.74, 6) is 0.901. The zero-order valence-electron chi connectivity index (χ0n) is 9.59. The van der Waals surface area contributed by atoms with Gasteiger partial charge < -0.3 is 10.6 Å². The smallest absolute Gasteiger partial charge is 0.220 e. The highest BCUT2D eigenvalue weighted by Crippen LogP contribution is 2.13. The molecule has 1 saturated heterocycles. The summed E-state index contributed by atoms with van der Waals surface area (Å²) in [6.07, 6.45) is 3.74. The molecule has 0 amide bonds. The number of anilines is 1. The zero-order chi connectivity index (χ0) is 11.5. The van der Waals surface area contributed by atoms with E-state index in [1.807, 2.05) is 10.6 Å². The van der Waals surface area contributed by atoms with Gasteiger partial charge in [0.15, 0.2) is 0 Å². The molecular formula is C10H16N6S. The first-order chi connectivity index (χ1) is 8.43. The van der Waals surface area contributed by atoms with E-state index in [9.17, 15) is 0 Å². The number of piperazine rings is 1. The summed E-state index contributed by atoms with van der Waals surface area (Å²) >= 11 is 1.42. The van der Waals surface area contributed by atoms with Crippen LogP contribution in [0.2, 0.25) is 0 Å². The molecule has 3 heterocycles. The van der Waals surface area contributed by atoms with Crippen molar-refractivity contribution >= 4 is 22.4 Å². The van der Waals surface area contributed by atoms with Crippen LogP contribution in [0.4, 0.5) is 5.95 Å². The van der Waals surface area contributed by atoms with Crippen molar-refractivity contribution in [3.05, 3.63) is 12.4 Å². The second kappa shape index (κ2) is 4.99. The fourth-order valence-electron chi connectivity index (χ4n) is 2.02. The van der Waals surface area contributed by atoms with Crippen LogP contribution in [0.5, 0.6) is 0 Å². The van der Waals surface area contributed by atoms with E-state index in [1.54, 1.807) is 6.20 Å². The predicted molar refractivity (Wildman–Crippen MR) is 68.7 cm³/mol. The molecule has 2 aromatic rings. The molecule has 17 heavy (non-hydrogen) atoms. The van der Waals surface area contributed by atoms with Crippen molar-refractivity contribution in [3.8, 4) is 0 Å². The number of nitrogens with zero attached hydrogens (tertiary/aromatic N) is 4. The molecule has 6 nitrogen and oxygen atoms in total. The Morgan fingerprint density at radius 3 is 3.18 bits per heavy atom. The van der Waals surface area contributed by atoms with E-state index < -0.39 is 0 Å². The number of imidazole rings is 1. The van der Waals surface area contributed by atoms with Crippen LogP contribution >= 0.6 is 11.5 Å². The van der Waals surface area contributed by atoms with E-state index in [1.165, 1.54) is 11.5 Å².